The highest BCUT2D eigenvalue weighted by Crippen LogP contribution is 2.32. The molecule has 0 heterocycles. The molecule has 0 saturated heterocycles. The number of rotatable bonds is 5. The van der Waals surface area contributed by atoms with Gasteiger partial charge >= 0.3 is 0 Å². The van der Waals surface area contributed by atoms with Crippen molar-refractivity contribution in [3.8, 4) is 0 Å². The van der Waals surface area contributed by atoms with E-state index in [1.54, 1.807) is 0 Å². The van der Waals surface area contributed by atoms with Gasteiger partial charge in [-0.3, -0.25) is 0 Å². The van der Waals surface area contributed by atoms with Gasteiger partial charge in [-0.15, -0.1) is 0 Å². The Morgan fingerprint density at radius 1 is 1.00 bits per heavy atom. The van der Waals surface area contributed by atoms with E-state index in [9.17, 15) is 0 Å². The molecule has 2 N–H and O–H groups in total. The third kappa shape index (κ3) is 6.09. The lowest BCUT2D eigenvalue weighted by atomic mass is 9.76. The van der Waals surface area contributed by atoms with E-state index in [0.29, 0.717) is 5.41 Å². The highest BCUT2D eigenvalue weighted by molar-refractivity contribution is 4.76. The zero-order valence-electron chi connectivity index (χ0n) is 10.3. The average Bonchev–Trinajstić information content (AvgIpc) is 1.82. The van der Waals surface area contributed by atoms with Gasteiger partial charge in [-0.2, -0.15) is 0 Å². The minimum absolute atomic E-state index is 0.00700. The Hall–Kier alpha value is -0.0400. The second-order valence-electron chi connectivity index (χ2n) is 5.99. The molecule has 0 bridgehead atoms. The van der Waals surface area contributed by atoms with Crippen LogP contribution in [0.5, 0.6) is 0 Å². The molecule has 0 fully saturated rings. The fourth-order valence-electron chi connectivity index (χ4n) is 1.29. The van der Waals surface area contributed by atoms with E-state index in [4.69, 9.17) is 5.73 Å². The van der Waals surface area contributed by atoms with Crippen molar-refractivity contribution in [2.45, 2.75) is 66.3 Å². The summed E-state index contributed by atoms with van der Waals surface area (Å²) in [5.74, 6) is 0.758. The predicted octanol–water partition coefficient (Wildman–Crippen LogP) is 3.58. The smallest absolute Gasteiger partial charge is 0.00970 e. The topological polar surface area (TPSA) is 26.0 Å². The molecule has 0 radical (unpaired) electrons. The van der Waals surface area contributed by atoms with Crippen LogP contribution in [0.1, 0.15) is 60.8 Å². The monoisotopic (exact) mass is 185 g/mol. The summed E-state index contributed by atoms with van der Waals surface area (Å²) in [6, 6.07) is 0. The molecule has 13 heavy (non-hydrogen) atoms. The van der Waals surface area contributed by atoms with Crippen molar-refractivity contribution in [2.75, 3.05) is 0 Å². The maximum atomic E-state index is 5.94. The van der Waals surface area contributed by atoms with Gasteiger partial charge in [0.15, 0.2) is 0 Å². The highest BCUT2D eigenvalue weighted by atomic mass is 14.7. The van der Waals surface area contributed by atoms with Crippen LogP contribution >= 0.6 is 0 Å². The summed E-state index contributed by atoms with van der Waals surface area (Å²) in [7, 11) is 0. The quantitative estimate of drug-likeness (QED) is 0.696. The molecule has 1 nitrogen and oxygen atoms in total. The van der Waals surface area contributed by atoms with Crippen LogP contribution in [0.2, 0.25) is 0 Å². The van der Waals surface area contributed by atoms with Crippen molar-refractivity contribution in [1.29, 1.82) is 0 Å². The van der Waals surface area contributed by atoms with Crippen LogP contribution in [-0.4, -0.2) is 5.54 Å². The Bertz CT molecular complexity index is 140. The molecule has 0 aromatic carbocycles. The second kappa shape index (κ2) is 4.45. The lowest BCUT2D eigenvalue weighted by Gasteiger charge is -2.30. The molecule has 0 aliphatic rings. The molecule has 0 atom stereocenters. The molecule has 0 amide bonds. The first kappa shape index (κ1) is 13.0. The van der Waals surface area contributed by atoms with Crippen molar-refractivity contribution in [2.24, 2.45) is 17.1 Å². The third-order valence-corrected chi connectivity index (χ3v) is 3.21. The summed E-state index contributed by atoms with van der Waals surface area (Å²) < 4.78 is 0. The molecule has 0 rings (SSSR count). The minimum Gasteiger partial charge on any atom is -0.326 e. The largest absolute Gasteiger partial charge is 0.326 e. The third-order valence-electron chi connectivity index (χ3n) is 3.21. The summed E-state index contributed by atoms with van der Waals surface area (Å²) in [6.45, 7) is 13.5. The molecule has 0 aromatic heterocycles. The van der Waals surface area contributed by atoms with Gasteiger partial charge in [0.2, 0.25) is 0 Å². The van der Waals surface area contributed by atoms with Gasteiger partial charge < -0.3 is 5.73 Å². The van der Waals surface area contributed by atoms with Gasteiger partial charge in [0.1, 0.15) is 0 Å². The Labute approximate surface area is 84.1 Å². The molecule has 0 aliphatic heterocycles. The molecular weight excluding hydrogens is 158 g/mol. The molecule has 0 aliphatic carbocycles. The minimum atomic E-state index is 0.00700. The van der Waals surface area contributed by atoms with E-state index < -0.39 is 0 Å². The van der Waals surface area contributed by atoms with Crippen LogP contribution in [0.4, 0.5) is 0 Å². The SMILES string of the molecule is CC(C)C(C)(C)CCCC(C)(C)N. The molecule has 1 heteroatoms. The Morgan fingerprint density at radius 3 is 1.77 bits per heavy atom. The van der Waals surface area contributed by atoms with Crippen molar-refractivity contribution in [3.05, 3.63) is 0 Å². The lowest BCUT2D eigenvalue weighted by Crippen LogP contribution is -2.32. The van der Waals surface area contributed by atoms with Crippen molar-refractivity contribution in [1.82, 2.24) is 0 Å². The van der Waals surface area contributed by atoms with E-state index in [1.165, 1.54) is 12.8 Å². The zero-order chi connectivity index (χ0) is 10.7. The van der Waals surface area contributed by atoms with Gasteiger partial charge in [-0.1, -0.05) is 34.1 Å². The van der Waals surface area contributed by atoms with Crippen LogP contribution < -0.4 is 5.73 Å². The van der Waals surface area contributed by atoms with Crippen molar-refractivity contribution in [3.63, 3.8) is 0 Å². The van der Waals surface area contributed by atoms with E-state index in [0.717, 1.165) is 12.3 Å². The summed E-state index contributed by atoms with van der Waals surface area (Å²) in [5.41, 5.74) is 6.41. The van der Waals surface area contributed by atoms with Gasteiger partial charge in [-0.25, -0.2) is 0 Å². The van der Waals surface area contributed by atoms with E-state index in [-0.39, 0.29) is 5.54 Å². The van der Waals surface area contributed by atoms with Gasteiger partial charge in [-0.05, 0) is 38.0 Å². The fraction of sp³-hybridized carbons (Fsp3) is 1.00. The van der Waals surface area contributed by atoms with Crippen LogP contribution in [0.15, 0.2) is 0 Å². The van der Waals surface area contributed by atoms with E-state index in [2.05, 4.69) is 41.5 Å². The first-order chi connectivity index (χ1) is 5.65. The molecule has 0 unspecified atom stereocenters. The number of hydrogen-bond acceptors (Lipinski definition) is 1. The summed E-state index contributed by atoms with van der Waals surface area (Å²) in [5, 5.41) is 0. The molecule has 80 valence electrons. The van der Waals surface area contributed by atoms with E-state index >= 15 is 0 Å². The molecule has 0 aromatic rings. The molecular formula is C12H27N. The first-order valence-electron chi connectivity index (χ1n) is 5.44. The van der Waals surface area contributed by atoms with Crippen LogP contribution in [0, 0.1) is 11.3 Å². The predicted molar refractivity (Wildman–Crippen MR) is 60.7 cm³/mol. The van der Waals surface area contributed by atoms with Gasteiger partial charge in [0.25, 0.3) is 0 Å². The Kier molecular flexibility index (Phi) is 4.44. The van der Waals surface area contributed by atoms with Crippen molar-refractivity contribution >= 4 is 0 Å². The fourth-order valence-corrected chi connectivity index (χ4v) is 1.29. The summed E-state index contributed by atoms with van der Waals surface area (Å²) >= 11 is 0. The maximum absolute atomic E-state index is 5.94. The Balaban J connectivity index is 3.77. The van der Waals surface area contributed by atoms with Crippen LogP contribution in [0.3, 0.4) is 0 Å². The molecule has 0 saturated carbocycles. The maximum Gasteiger partial charge on any atom is 0.00970 e. The molecule has 0 spiro atoms. The normalized spacial score (nSPS) is 13.8. The average molecular weight is 185 g/mol. The lowest BCUT2D eigenvalue weighted by molar-refractivity contribution is 0.215. The summed E-state index contributed by atoms with van der Waals surface area (Å²) in [6.07, 6.45) is 3.66. The standard InChI is InChI=1S/C12H27N/c1-10(2)11(3,4)8-7-9-12(5,6)13/h10H,7-9,13H2,1-6H3. The van der Waals surface area contributed by atoms with Gasteiger partial charge in [0, 0.05) is 5.54 Å². The number of hydrogen-bond donors (Lipinski definition) is 1. The van der Waals surface area contributed by atoms with Crippen LogP contribution in [-0.2, 0) is 0 Å². The highest BCUT2D eigenvalue weighted by Gasteiger charge is 2.22. The zero-order valence-corrected chi connectivity index (χ0v) is 10.3. The summed E-state index contributed by atoms with van der Waals surface area (Å²) in [4.78, 5) is 0. The first-order valence-corrected chi connectivity index (χ1v) is 5.44. The van der Waals surface area contributed by atoms with Crippen molar-refractivity contribution < 1.29 is 0 Å². The van der Waals surface area contributed by atoms with Crippen LogP contribution in [0.25, 0.3) is 0 Å². The van der Waals surface area contributed by atoms with Gasteiger partial charge in [0.05, 0.1) is 0 Å². The number of nitrogens with two attached hydrogens (primary N) is 1. The Morgan fingerprint density at radius 2 is 1.46 bits per heavy atom. The second-order valence-corrected chi connectivity index (χ2v) is 5.99. The van der Waals surface area contributed by atoms with E-state index in [1.807, 2.05) is 0 Å².